The number of sulfonamides is 1. The highest BCUT2D eigenvalue weighted by molar-refractivity contribution is 7.89. The number of benzene rings is 1. The maximum absolute atomic E-state index is 12.7. The van der Waals surface area contributed by atoms with Gasteiger partial charge in [-0.2, -0.15) is 0 Å². The molecule has 2 heterocycles. The van der Waals surface area contributed by atoms with Crippen LogP contribution in [-0.2, 0) is 21.3 Å². The summed E-state index contributed by atoms with van der Waals surface area (Å²) in [5, 5.41) is 0. The summed E-state index contributed by atoms with van der Waals surface area (Å²) in [4.78, 5) is 8.98. The highest BCUT2D eigenvalue weighted by Gasteiger charge is 2.20. The molecular formula is C21H28N4O3S. The van der Waals surface area contributed by atoms with Crippen molar-refractivity contribution >= 4 is 21.1 Å². The summed E-state index contributed by atoms with van der Waals surface area (Å²) in [6.07, 6.45) is 5.14. The molecule has 0 aliphatic rings. The van der Waals surface area contributed by atoms with Crippen LogP contribution in [0.2, 0.25) is 0 Å². The number of fused-ring (bicyclic) bond motifs is 1. The third-order valence-corrected chi connectivity index (χ3v) is 6.33. The van der Waals surface area contributed by atoms with E-state index in [9.17, 15) is 8.42 Å². The molecule has 0 saturated heterocycles. The van der Waals surface area contributed by atoms with Crippen molar-refractivity contribution in [1.82, 2.24) is 19.3 Å². The van der Waals surface area contributed by atoms with Crippen LogP contribution in [0.4, 0.5) is 0 Å². The number of pyridine rings is 1. The van der Waals surface area contributed by atoms with E-state index < -0.39 is 10.0 Å². The van der Waals surface area contributed by atoms with E-state index >= 15 is 0 Å². The summed E-state index contributed by atoms with van der Waals surface area (Å²) in [7, 11) is -3.59. The van der Waals surface area contributed by atoms with Crippen LogP contribution < -0.4 is 4.72 Å². The Morgan fingerprint density at radius 1 is 1.17 bits per heavy atom. The fraction of sp³-hybridized carbons (Fsp3) is 0.429. The quantitative estimate of drug-likeness (QED) is 0.548. The number of aromatic nitrogens is 3. The fourth-order valence-corrected chi connectivity index (χ4v) is 4.57. The summed E-state index contributed by atoms with van der Waals surface area (Å²) in [6.45, 7) is 7.42. The van der Waals surface area contributed by atoms with Crippen LogP contribution in [0.15, 0.2) is 47.6 Å². The molecule has 1 N–H and O–H groups in total. The Morgan fingerprint density at radius 2 is 1.93 bits per heavy atom. The number of aryl methyl sites for hydroxylation is 1. The first-order chi connectivity index (χ1) is 13.9. The summed E-state index contributed by atoms with van der Waals surface area (Å²) in [6, 6.07) is 8.63. The standard InChI is InChI=1S/C21H28N4O3S/c1-4-6-18(15-28-5-2)24-29(26,27)19-9-7-17(8-10-19)14-25-16(3)23-20-11-12-22-13-21(20)25/h7-13,18,24H,4-6,14-15H2,1-3H3. The summed E-state index contributed by atoms with van der Waals surface area (Å²) >= 11 is 0. The zero-order valence-electron chi connectivity index (χ0n) is 17.1. The van der Waals surface area contributed by atoms with Crippen LogP contribution in [0.25, 0.3) is 11.0 Å². The third kappa shape index (κ3) is 5.20. The Balaban J connectivity index is 1.75. The molecule has 0 radical (unpaired) electrons. The highest BCUT2D eigenvalue weighted by Crippen LogP contribution is 2.18. The first-order valence-corrected chi connectivity index (χ1v) is 11.4. The topological polar surface area (TPSA) is 86.1 Å². The molecule has 3 aromatic rings. The van der Waals surface area contributed by atoms with Gasteiger partial charge in [0.2, 0.25) is 10.0 Å². The monoisotopic (exact) mass is 416 g/mol. The van der Waals surface area contributed by atoms with E-state index in [0.717, 1.165) is 35.3 Å². The van der Waals surface area contributed by atoms with Crippen molar-refractivity contribution in [2.24, 2.45) is 0 Å². The number of hydrogen-bond donors (Lipinski definition) is 1. The van der Waals surface area contributed by atoms with Gasteiger partial charge in [-0.05, 0) is 44.0 Å². The van der Waals surface area contributed by atoms with Gasteiger partial charge in [0, 0.05) is 25.4 Å². The zero-order chi connectivity index (χ0) is 20.9. The molecule has 1 atom stereocenters. The van der Waals surface area contributed by atoms with Crippen molar-refractivity contribution in [2.45, 2.75) is 51.1 Å². The van der Waals surface area contributed by atoms with Crippen molar-refractivity contribution < 1.29 is 13.2 Å². The molecule has 2 aromatic heterocycles. The second-order valence-electron chi connectivity index (χ2n) is 7.02. The van der Waals surface area contributed by atoms with E-state index in [0.29, 0.717) is 19.8 Å². The molecule has 3 rings (SSSR count). The molecule has 0 aliphatic heterocycles. The largest absolute Gasteiger partial charge is 0.380 e. The molecule has 1 aromatic carbocycles. The number of hydrogen-bond acceptors (Lipinski definition) is 5. The molecule has 8 heteroatoms. The van der Waals surface area contributed by atoms with E-state index in [2.05, 4.69) is 19.3 Å². The Hall–Kier alpha value is -2.29. The summed E-state index contributed by atoms with van der Waals surface area (Å²) < 4.78 is 35.7. The van der Waals surface area contributed by atoms with E-state index in [-0.39, 0.29) is 10.9 Å². The van der Waals surface area contributed by atoms with Gasteiger partial charge in [0.15, 0.2) is 0 Å². The van der Waals surface area contributed by atoms with Gasteiger partial charge in [-0.15, -0.1) is 0 Å². The molecule has 156 valence electrons. The van der Waals surface area contributed by atoms with Crippen molar-refractivity contribution in [3.63, 3.8) is 0 Å². The predicted octanol–water partition coefficient (Wildman–Crippen LogP) is 3.27. The maximum Gasteiger partial charge on any atom is 0.240 e. The van der Waals surface area contributed by atoms with E-state index in [1.807, 2.05) is 39.0 Å². The van der Waals surface area contributed by atoms with E-state index in [1.54, 1.807) is 24.5 Å². The maximum atomic E-state index is 12.7. The molecule has 0 saturated carbocycles. The Morgan fingerprint density at radius 3 is 2.62 bits per heavy atom. The lowest BCUT2D eigenvalue weighted by Gasteiger charge is -2.18. The van der Waals surface area contributed by atoms with Crippen LogP contribution in [0.1, 0.15) is 38.1 Å². The number of nitrogens with one attached hydrogen (secondary N) is 1. The molecule has 0 fully saturated rings. The Kier molecular flexibility index (Phi) is 7.00. The van der Waals surface area contributed by atoms with Crippen molar-refractivity contribution in [1.29, 1.82) is 0 Å². The van der Waals surface area contributed by atoms with Gasteiger partial charge in [0.25, 0.3) is 0 Å². The third-order valence-electron chi connectivity index (χ3n) is 4.80. The van der Waals surface area contributed by atoms with Crippen molar-refractivity contribution in [3.8, 4) is 0 Å². The number of nitrogens with zero attached hydrogens (tertiary/aromatic N) is 3. The van der Waals surface area contributed by atoms with Gasteiger partial charge >= 0.3 is 0 Å². The first-order valence-electron chi connectivity index (χ1n) is 9.90. The van der Waals surface area contributed by atoms with Crippen LogP contribution in [0, 0.1) is 6.92 Å². The smallest absolute Gasteiger partial charge is 0.240 e. The van der Waals surface area contributed by atoms with Crippen LogP contribution in [0.3, 0.4) is 0 Å². The van der Waals surface area contributed by atoms with Crippen molar-refractivity contribution in [2.75, 3.05) is 13.2 Å². The SMILES string of the molecule is CCCC(COCC)NS(=O)(=O)c1ccc(Cn2c(C)nc3ccncc32)cc1. The van der Waals surface area contributed by atoms with E-state index in [4.69, 9.17) is 4.74 Å². The normalized spacial score (nSPS) is 13.1. The highest BCUT2D eigenvalue weighted by atomic mass is 32.2. The number of rotatable bonds is 10. The second-order valence-corrected chi connectivity index (χ2v) is 8.73. The summed E-state index contributed by atoms with van der Waals surface area (Å²) in [5.41, 5.74) is 2.86. The average molecular weight is 417 g/mol. The second kappa shape index (κ2) is 9.47. The molecule has 7 nitrogen and oxygen atoms in total. The van der Waals surface area contributed by atoms with Crippen LogP contribution in [0.5, 0.6) is 0 Å². The molecule has 0 aliphatic carbocycles. The van der Waals surface area contributed by atoms with Gasteiger partial charge in [0.05, 0.1) is 28.7 Å². The van der Waals surface area contributed by atoms with E-state index in [1.165, 1.54) is 0 Å². The van der Waals surface area contributed by atoms with Crippen LogP contribution in [-0.4, -0.2) is 42.2 Å². The molecular weight excluding hydrogens is 388 g/mol. The Labute approximate surface area is 172 Å². The number of ether oxygens (including phenoxy) is 1. The number of imidazole rings is 1. The minimum absolute atomic E-state index is 0.225. The van der Waals surface area contributed by atoms with Gasteiger partial charge in [-0.1, -0.05) is 25.5 Å². The van der Waals surface area contributed by atoms with Gasteiger partial charge < -0.3 is 9.30 Å². The van der Waals surface area contributed by atoms with Gasteiger partial charge in [0.1, 0.15) is 5.82 Å². The molecule has 0 bridgehead atoms. The minimum Gasteiger partial charge on any atom is -0.380 e. The van der Waals surface area contributed by atoms with Gasteiger partial charge in [-0.3, -0.25) is 4.98 Å². The average Bonchev–Trinajstić information content (AvgIpc) is 3.02. The first kappa shape index (κ1) is 21.4. The van der Waals surface area contributed by atoms with Gasteiger partial charge in [-0.25, -0.2) is 18.1 Å². The van der Waals surface area contributed by atoms with Crippen LogP contribution >= 0.6 is 0 Å². The lowest BCUT2D eigenvalue weighted by atomic mass is 10.2. The molecule has 1 unspecified atom stereocenters. The lowest BCUT2D eigenvalue weighted by molar-refractivity contribution is 0.126. The Bertz CT molecular complexity index is 1050. The van der Waals surface area contributed by atoms with Crippen molar-refractivity contribution in [3.05, 3.63) is 54.1 Å². The minimum atomic E-state index is -3.59. The molecule has 29 heavy (non-hydrogen) atoms. The fourth-order valence-electron chi connectivity index (χ4n) is 3.32. The molecule has 0 amide bonds. The summed E-state index contributed by atoms with van der Waals surface area (Å²) in [5.74, 6) is 0.893. The molecule has 0 spiro atoms. The predicted molar refractivity (Wildman–Crippen MR) is 113 cm³/mol. The zero-order valence-corrected chi connectivity index (χ0v) is 17.9. The lowest BCUT2D eigenvalue weighted by Crippen LogP contribution is -2.38.